The highest BCUT2D eigenvalue weighted by molar-refractivity contribution is 6.48. The van der Waals surface area contributed by atoms with Gasteiger partial charge in [-0.15, -0.1) is 0 Å². The number of likely N-dealkylation sites (N-methyl/N-ethyl adjacent to an activating group) is 1. The fraction of sp³-hybridized carbons (Fsp3) is 0.346. The quantitative estimate of drug-likeness (QED) is 0.382. The Labute approximate surface area is 212 Å². The average molecular weight is 515 g/mol. The molecule has 0 heterocycles. The third kappa shape index (κ3) is 3.27. The number of hydrogen-bond donors (Lipinski definition) is 5. The number of ketones is 2. The molecule has 3 aliphatic rings. The molecular weight excluding hydrogens is 488 g/mol. The number of phenols is 1. The molecule has 1 aromatic carbocycles. The van der Waals surface area contributed by atoms with E-state index in [1.165, 1.54) is 4.90 Å². The number of hydrogen-bond acceptors (Lipinski definition) is 8. The molecule has 1 fully saturated rings. The molecule has 6 N–H and O–H groups in total. The van der Waals surface area contributed by atoms with Crippen molar-refractivity contribution in [2.75, 3.05) is 14.1 Å². The Morgan fingerprint density at radius 2 is 1.81 bits per heavy atom. The Morgan fingerprint density at radius 3 is 2.31 bits per heavy atom. The van der Waals surface area contributed by atoms with Crippen LogP contribution in [0.25, 0.3) is 16.4 Å². The summed E-state index contributed by atoms with van der Waals surface area (Å²) < 4.78 is 0. The van der Waals surface area contributed by atoms with Crippen LogP contribution >= 0.6 is 11.6 Å². The number of nitrogens with zero attached hydrogens (tertiary/aromatic N) is 1. The highest BCUT2D eigenvalue weighted by atomic mass is 35.5. The summed E-state index contributed by atoms with van der Waals surface area (Å²) in [4.78, 5) is 40.5. The molecule has 4 atom stereocenters. The first-order valence-corrected chi connectivity index (χ1v) is 11.6. The summed E-state index contributed by atoms with van der Waals surface area (Å²) in [6.45, 7) is 9.26. The number of amides is 1. The lowest BCUT2D eigenvalue weighted by Gasteiger charge is -2.50. The summed E-state index contributed by atoms with van der Waals surface area (Å²) in [6.07, 6.45) is 0.114. The van der Waals surface area contributed by atoms with Gasteiger partial charge in [-0.2, -0.15) is 0 Å². The summed E-state index contributed by atoms with van der Waals surface area (Å²) in [5.74, 6) is -7.06. The number of rotatable bonds is 4. The van der Waals surface area contributed by atoms with Crippen LogP contribution in [0.4, 0.5) is 0 Å². The molecule has 0 radical (unpaired) electrons. The van der Waals surface area contributed by atoms with E-state index in [4.69, 9.17) is 17.3 Å². The van der Waals surface area contributed by atoms with Crippen molar-refractivity contribution in [2.24, 2.45) is 17.6 Å². The van der Waals surface area contributed by atoms with Gasteiger partial charge in [0.05, 0.1) is 11.6 Å². The highest BCUT2D eigenvalue weighted by Gasteiger charge is 2.64. The second-order valence-electron chi connectivity index (χ2n) is 9.82. The molecule has 0 unspecified atom stereocenters. The third-order valence-electron chi connectivity index (χ3n) is 7.47. The molecule has 1 saturated carbocycles. The molecule has 190 valence electrons. The maximum Gasteiger partial charge on any atom is 0.255 e. The Morgan fingerprint density at radius 1 is 1.19 bits per heavy atom. The van der Waals surface area contributed by atoms with Crippen LogP contribution in [0.2, 0.25) is 0 Å². The fourth-order valence-electron chi connectivity index (χ4n) is 5.88. The zero-order valence-corrected chi connectivity index (χ0v) is 20.8. The minimum absolute atomic E-state index is 0.0109. The number of primary amides is 1. The van der Waals surface area contributed by atoms with Gasteiger partial charge in [0.2, 0.25) is 5.78 Å². The molecule has 0 spiro atoms. The molecule has 4 rings (SSSR count). The van der Waals surface area contributed by atoms with Gasteiger partial charge in [-0.1, -0.05) is 24.8 Å². The number of fused-ring (bicyclic) bond motifs is 3. The first kappa shape index (κ1) is 25.7. The summed E-state index contributed by atoms with van der Waals surface area (Å²) in [5, 5.41) is 45.0. The van der Waals surface area contributed by atoms with E-state index in [0.29, 0.717) is 16.7 Å². The maximum absolute atomic E-state index is 13.9. The molecule has 9 nitrogen and oxygen atoms in total. The highest BCUT2D eigenvalue weighted by Crippen LogP contribution is 2.54. The number of halogens is 1. The number of aliphatic hydroxyl groups excluding tert-OH is 2. The Hall–Kier alpha value is -3.40. The van der Waals surface area contributed by atoms with Crippen molar-refractivity contribution < 1.29 is 34.8 Å². The van der Waals surface area contributed by atoms with Crippen molar-refractivity contribution in [1.82, 2.24) is 4.90 Å². The minimum Gasteiger partial charge on any atom is -0.508 e. The lowest BCUT2D eigenvalue weighted by Crippen LogP contribution is -2.65. The number of benzene rings is 1. The summed E-state index contributed by atoms with van der Waals surface area (Å²) in [6, 6.07) is 0.454. The molecule has 10 heteroatoms. The number of phenolic OH excluding ortho intramolecular Hbond substituents is 1. The number of carbonyl (C=O) groups is 3. The van der Waals surface area contributed by atoms with Gasteiger partial charge >= 0.3 is 0 Å². The predicted molar refractivity (Wildman–Crippen MR) is 134 cm³/mol. The Balaban J connectivity index is 2.04. The van der Waals surface area contributed by atoms with Gasteiger partial charge < -0.3 is 26.2 Å². The molecule has 1 aromatic rings. The second kappa shape index (κ2) is 8.33. The fourth-order valence-corrected chi connectivity index (χ4v) is 6.05. The number of nitrogens with two attached hydrogens (primary N) is 1. The van der Waals surface area contributed by atoms with E-state index in [1.807, 2.05) is 0 Å². The molecule has 1 amide bonds. The van der Waals surface area contributed by atoms with Crippen LogP contribution in [0.5, 0.6) is 5.75 Å². The Bertz CT molecular complexity index is 1360. The SMILES string of the molecule is C=C(C)c1cc(C(=C)Cl)c2c(c1O)C(O)=C1C(=O)[C@]3(O)C(O)=C(C(N)=O)C(=O)[C@@H](N(C)C)[C@@H]3C[C@@H]1C2. The molecule has 0 bridgehead atoms. The van der Waals surface area contributed by atoms with Crippen molar-refractivity contribution in [3.63, 3.8) is 0 Å². The minimum atomic E-state index is -2.69. The second-order valence-corrected chi connectivity index (χ2v) is 10.3. The molecular formula is C26H27ClN2O7. The van der Waals surface area contributed by atoms with Crippen LogP contribution in [-0.2, 0) is 20.8 Å². The number of aliphatic hydroxyl groups is 3. The molecule has 3 aliphatic carbocycles. The summed E-state index contributed by atoms with van der Waals surface area (Å²) in [7, 11) is 3.08. The first-order chi connectivity index (χ1) is 16.7. The van der Waals surface area contributed by atoms with Crippen LogP contribution in [0.3, 0.4) is 0 Å². The van der Waals surface area contributed by atoms with E-state index >= 15 is 0 Å². The third-order valence-corrected chi connectivity index (χ3v) is 7.68. The van der Waals surface area contributed by atoms with Crippen LogP contribution in [0.15, 0.2) is 36.1 Å². The summed E-state index contributed by atoms with van der Waals surface area (Å²) >= 11 is 6.26. The normalized spacial score (nSPS) is 27.6. The van der Waals surface area contributed by atoms with E-state index in [0.717, 1.165) is 0 Å². The van der Waals surface area contributed by atoms with E-state index in [2.05, 4.69) is 13.2 Å². The number of Topliss-reactive ketones (excluding diaryl/α,β-unsaturated/α-hetero) is 2. The number of carbonyl (C=O) groups excluding carboxylic acids is 3. The standard InChI is InChI=1S/C26H27ClN2O7/c1-9(2)12-8-13(10(3)27)14-6-11-7-15-19(29(4)5)22(32)18(25(28)35)24(34)26(15,36)23(33)16(11)21(31)17(14)20(12)30/h8,11,15,19,30-31,34,36H,1,3,6-7H2,2,4-5H3,(H2,28,35)/t11-,15-,19-,26-/m0/s1. The van der Waals surface area contributed by atoms with E-state index in [-0.39, 0.29) is 40.3 Å². The van der Waals surface area contributed by atoms with Gasteiger partial charge in [-0.3, -0.25) is 19.3 Å². The van der Waals surface area contributed by atoms with Gasteiger partial charge in [-0.25, -0.2) is 0 Å². The zero-order valence-electron chi connectivity index (χ0n) is 20.1. The van der Waals surface area contributed by atoms with E-state index in [9.17, 15) is 34.8 Å². The van der Waals surface area contributed by atoms with E-state index < -0.39 is 58.0 Å². The molecule has 0 aliphatic heterocycles. The average Bonchev–Trinajstić information content (AvgIpc) is 2.75. The largest absolute Gasteiger partial charge is 0.508 e. The van der Waals surface area contributed by atoms with Crippen LogP contribution in [0.1, 0.15) is 35.6 Å². The van der Waals surface area contributed by atoms with Crippen LogP contribution < -0.4 is 5.73 Å². The Kier molecular flexibility index (Phi) is 5.94. The summed E-state index contributed by atoms with van der Waals surface area (Å²) in [5.41, 5.74) is 3.14. The molecule has 0 aromatic heterocycles. The topological polar surface area (TPSA) is 161 Å². The maximum atomic E-state index is 13.9. The van der Waals surface area contributed by atoms with Crippen LogP contribution in [0, 0.1) is 11.8 Å². The van der Waals surface area contributed by atoms with Crippen molar-refractivity contribution >= 4 is 45.4 Å². The van der Waals surface area contributed by atoms with Gasteiger partial charge in [0.15, 0.2) is 11.4 Å². The smallest absolute Gasteiger partial charge is 0.255 e. The predicted octanol–water partition coefficient (Wildman–Crippen LogP) is 2.21. The first-order valence-electron chi connectivity index (χ1n) is 11.2. The van der Waals surface area contributed by atoms with Gasteiger partial charge in [0, 0.05) is 22.1 Å². The number of allylic oxidation sites excluding steroid dienone is 1. The van der Waals surface area contributed by atoms with Crippen molar-refractivity contribution in [1.29, 1.82) is 0 Å². The van der Waals surface area contributed by atoms with Gasteiger partial charge in [0.25, 0.3) is 5.91 Å². The van der Waals surface area contributed by atoms with Crippen molar-refractivity contribution in [3.05, 3.63) is 58.4 Å². The van der Waals surface area contributed by atoms with E-state index in [1.54, 1.807) is 27.1 Å². The lowest BCUT2D eigenvalue weighted by molar-refractivity contribution is -0.153. The van der Waals surface area contributed by atoms with Gasteiger partial charge in [0.1, 0.15) is 22.8 Å². The molecule has 36 heavy (non-hydrogen) atoms. The number of aromatic hydroxyl groups is 1. The van der Waals surface area contributed by atoms with Gasteiger partial charge in [-0.05, 0) is 62.5 Å². The van der Waals surface area contributed by atoms with Crippen LogP contribution in [-0.4, -0.2) is 68.5 Å². The van der Waals surface area contributed by atoms with Crippen molar-refractivity contribution in [3.8, 4) is 5.75 Å². The van der Waals surface area contributed by atoms with Crippen molar-refractivity contribution in [2.45, 2.75) is 31.4 Å². The monoisotopic (exact) mass is 514 g/mol. The molecule has 0 saturated heterocycles. The zero-order chi connectivity index (χ0) is 27.0. The lowest BCUT2D eigenvalue weighted by atomic mass is 9.57.